The Morgan fingerprint density at radius 1 is 1.41 bits per heavy atom. The number of pyridine rings is 1. The van der Waals surface area contributed by atoms with Gasteiger partial charge in [-0.15, -0.1) is 0 Å². The van der Waals surface area contributed by atoms with Crippen molar-refractivity contribution in [1.82, 2.24) is 4.98 Å². The minimum absolute atomic E-state index is 0.0794. The minimum Gasteiger partial charge on any atom is -0.473 e. The fourth-order valence-corrected chi connectivity index (χ4v) is 2.17. The summed E-state index contributed by atoms with van der Waals surface area (Å²) in [6.45, 7) is 4.07. The van der Waals surface area contributed by atoms with E-state index in [1.165, 1.54) is 0 Å². The second-order valence-electron chi connectivity index (χ2n) is 4.44. The standard InChI is InChI=1S/C13H16N2O2/c1-9-6-12(7-10(2)16-9)17-13-11(8-14)4-3-5-15-13/h3-5,9-10,12H,6-7H2,1-2H3. The van der Waals surface area contributed by atoms with Crippen molar-refractivity contribution >= 4 is 0 Å². The third-order valence-corrected chi connectivity index (χ3v) is 2.82. The van der Waals surface area contributed by atoms with Crippen molar-refractivity contribution in [2.45, 2.75) is 45.0 Å². The van der Waals surface area contributed by atoms with Crippen molar-refractivity contribution in [2.75, 3.05) is 0 Å². The van der Waals surface area contributed by atoms with E-state index in [4.69, 9.17) is 14.7 Å². The van der Waals surface area contributed by atoms with E-state index in [9.17, 15) is 0 Å². The van der Waals surface area contributed by atoms with Gasteiger partial charge in [0.25, 0.3) is 0 Å². The number of aromatic nitrogens is 1. The molecule has 0 aromatic carbocycles. The molecule has 0 saturated carbocycles. The average molecular weight is 232 g/mol. The van der Waals surface area contributed by atoms with Crippen LogP contribution in [0.2, 0.25) is 0 Å². The minimum atomic E-state index is 0.0794. The van der Waals surface area contributed by atoms with Crippen LogP contribution in [0.5, 0.6) is 5.88 Å². The van der Waals surface area contributed by atoms with Gasteiger partial charge < -0.3 is 9.47 Å². The molecule has 0 aliphatic carbocycles. The van der Waals surface area contributed by atoms with Gasteiger partial charge >= 0.3 is 0 Å². The molecule has 4 nitrogen and oxygen atoms in total. The van der Waals surface area contributed by atoms with E-state index in [0.717, 1.165) is 12.8 Å². The zero-order valence-corrected chi connectivity index (χ0v) is 10.1. The van der Waals surface area contributed by atoms with E-state index in [0.29, 0.717) is 11.4 Å². The van der Waals surface area contributed by atoms with Crippen LogP contribution in [0.3, 0.4) is 0 Å². The van der Waals surface area contributed by atoms with E-state index in [1.807, 2.05) is 13.8 Å². The van der Waals surface area contributed by atoms with Gasteiger partial charge in [0.1, 0.15) is 17.7 Å². The van der Waals surface area contributed by atoms with E-state index >= 15 is 0 Å². The van der Waals surface area contributed by atoms with Crippen molar-refractivity contribution < 1.29 is 9.47 Å². The number of hydrogen-bond acceptors (Lipinski definition) is 4. The van der Waals surface area contributed by atoms with Crippen LogP contribution < -0.4 is 4.74 Å². The molecular formula is C13H16N2O2. The van der Waals surface area contributed by atoms with Crippen molar-refractivity contribution in [3.63, 3.8) is 0 Å². The molecule has 1 fully saturated rings. The van der Waals surface area contributed by atoms with Crippen molar-refractivity contribution in [3.8, 4) is 11.9 Å². The van der Waals surface area contributed by atoms with Gasteiger partial charge in [0.05, 0.1) is 12.2 Å². The predicted molar refractivity (Wildman–Crippen MR) is 62.6 cm³/mol. The van der Waals surface area contributed by atoms with E-state index in [2.05, 4.69) is 11.1 Å². The first-order valence-corrected chi connectivity index (χ1v) is 5.86. The second-order valence-corrected chi connectivity index (χ2v) is 4.44. The Bertz CT molecular complexity index is 418. The summed E-state index contributed by atoms with van der Waals surface area (Å²) in [5, 5.41) is 8.96. The molecule has 0 bridgehead atoms. The Labute approximate surface area is 101 Å². The number of ether oxygens (including phenoxy) is 2. The Kier molecular flexibility index (Phi) is 3.60. The first-order chi connectivity index (χ1) is 8.19. The molecule has 0 N–H and O–H groups in total. The summed E-state index contributed by atoms with van der Waals surface area (Å²) >= 11 is 0. The maximum atomic E-state index is 8.96. The lowest BCUT2D eigenvalue weighted by Crippen LogP contribution is -2.36. The van der Waals surface area contributed by atoms with Gasteiger partial charge in [-0.1, -0.05) is 0 Å². The fourth-order valence-electron chi connectivity index (χ4n) is 2.17. The van der Waals surface area contributed by atoms with Crippen LogP contribution in [0.25, 0.3) is 0 Å². The molecule has 2 unspecified atom stereocenters. The first kappa shape index (κ1) is 11.9. The lowest BCUT2D eigenvalue weighted by atomic mass is 10.0. The lowest BCUT2D eigenvalue weighted by molar-refractivity contribution is -0.0730. The molecule has 1 aromatic heterocycles. The van der Waals surface area contributed by atoms with Gasteiger partial charge in [-0.25, -0.2) is 4.98 Å². The molecule has 1 aromatic rings. The lowest BCUT2D eigenvalue weighted by Gasteiger charge is -2.32. The summed E-state index contributed by atoms with van der Waals surface area (Å²) in [5.41, 5.74) is 0.485. The maximum absolute atomic E-state index is 8.96. The maximum Gasteiger partial charge on any atom is 0.231 e. The van der Waals surface area contributed by atoms with Crippen LogP contribution in [0.15, 0.2) is 18.3 Å². The van der Waals surface area contributed by atoms with Gasteiger partial charge in [0, 0.05) is 19.0 Å². The van der Waals surface area contributed by atoms with Crippen LogP contribution in [-0.2, 0) is 4.74 Å². The predicted octanol–water partition coefficient (Wildman–Crippen LogP) is 2.29. The van der Waals surface area contributed by atoms with Gasteiger partial charge in [0.2, 0.25) is 5.88 Å². The average Bonchev–Trinajstić information content (AvgIpc) is 2.28. The van der Waals surface area contributed by atoms with Crippen LogP contribution >= 0.6 is 0 Å². The van der Waals surface area contributed by atoms with Crippen LogP contribution in [0.1, 0.15) is 32.3 Å². The highest BCUT2D eigenvalue weighted by Gasteiger charge is 2.26. The molecule has 1 saturated heterocycles. The number of nitriles is 1. The molecule has 1 aliphatic rings. The third-order valence-electron chi connectivity index (χ3n) is 2.82. The van der Waals surface area contributed by atoms with Crippen LogP contribution in [-0.4, -0.2) is 23.3 Å². The Morgan fingerprint density at radius 3 is 2.76 bits per heavy atom. The second kappa shape index (κ2) is 5.15. The van der Waals surface area contributed by atoms with E-state index < -0.39 is 0 Å². The van der Waals surface area contributed by atoms with Gasteiger partial charge in [-0.05, 0) is 26.0 Å². The largest absolute Gasteiger partial charge is 0.473 e. The topological polar surface area (TPSA) is 55.1 Å². The molecule has 4 heteroatoms. The SMILES string of the molecule is CC1CC(Oc2ncccc2C#N)CC(C)O1. The third kappa shape index (κ3) is 2.95. The summed E-state index contributed by atoms with van der Waals surface area (Å²) in [6.07, 6.45) is 3.78. The van der Waals surface area contributed by atoms with Crippen molar-refractivity contribution in [3.05, 3.63) is 23.9 Å². The van der Waals surface area contributed by atoms with Crippen molar-refractivity contribution in [2.24, 2.45) is 0 Å². The van der Waals surface area contributed by atoms with Crippen molar-refractivity contribution in [1.29, 1.82) is 5.26 Å². The number of nitrogens with zero attached hydrogens (tertiary/aromatic N) is 2. The highest BCUT2D eigenvalue weighted by molar-refractivity contribution is 5.37. The Balaban J connectivity index is 2.08. The Morgan fingerprint density at radius 2 is 2.12 bits per heavy atom. The molecule has 2 rings (SSSR count). The molecule has 17 heavy (non-hydrogen) atoms. The molecule has 2 atom stereocenters. The van der Waals surface area contributed by atoms with Gasteiger partial charge in [-0.3, -0.25) is 0 Å². The molecule has 1 aliphatic heterocycles. The monoisotopic (exact) mass is 232 g/mol. The summed E-state index contributed by atoms with van der Waals surface area (Å²) in [7, 11) is 0. The number of rotatable bonds is 2. The normalized spacial score (nSPS) is 28.4. The fraction of sp³-hybridized carbons (Fsp3) is 0.538. The molecular weight excluding hydrogens is 216 g/mol. The summed E-state index contributed by atoms with van der Waals surface area (Å²) < 4.78 is 11.4. The molecule has 0 amide bonds. The quantitative estimate of drug-likeness (QED) is 0.785. The smallest absolute Gasteiger partial charge is 0.231 e. The van der Waals surface area contributed by atoms with Crippen LogP contribution in [0.4, 0.5) is 0 Å². The summed E-state index contributed by atoms with van der Waals surface area (Å²) in [4.78, 5) is 4.11. The molecule has 0 radical (unpaired) electrons. The molecule has 90 valence electrons. The highest BCUT2D eigenvalue weighted by atomic mass is 16.5. The molecule has 2 heterocycles. The first-order valence-electron chi connectivity index (χ1n) is 5.86. The summed E-state index contributed by atoms with van der Waals surface area (Å²) in [5.74, 6) is 0.432. The Hall–Kier alpha value is -1.60. The van der Waals surface area contributed by atoms with Gasteiger partial charge in [-0.2, -0.15) is 5.26 Å². The zero-order valence-electron chi connectivity index (χ0n) is 10.1. The van der Waals surface area contributed by atoms with E-state index in [-0.39, 0.29) is 18.3 Å². The number of hydrogen-bond donors (Lipinski definition) is 0. The highest BCUT2D eigenvalue weighted by Crippen LogP contribution is 2.24. The van der Waals surface area contributed by atoms with Crippen LogP contribution in [0, 0.1) is 11.3 Å². The summed E-state index contributed by atoms with van der Waals surface area (Å²) in [6, 6.07) is 5.54. The van der Waals surface area contributed by atoms with Gasteiger partial charge in [0.15, 0.2) is 0 Å². The molecule has 0 spiro atoms. The zero-order chi connectivity index (χ0) is 12.3. The van der Waals surface area contributed by atoms with E-state index in [1.54, 1.807) is 18.3 Å².